The first kappa shape index (κ1) is 16.0. The maximum Gasteiger partial charge on any atom is 0.224 e. The normalized spacial score (nSPS) is 16.5. The summed E-state index contributed by atoms with van der Waals surface area (Å²) >= 11 is 0. The molecule has 0 aliphatic carbocycles. The predicted octanol–water partition coefficient (Wildman–Crippen LogP) is 0.900. The Morgan fingerprint density at radius 3 is 2.57 bits per heavy atom. The highest BCUT2D eigenvalue weighted by Crippen LogP contribution is 2.16. The highest BCUT2D eigenvalue weighted by Gasteiger charge is 2.16. The van der Waals surface area contributed by atoms with Crippen LogP contribution in [0.25, 0.3) is 0 Å². The molecular weight excluding hydrogens is 264 g/mol. The summed E-state index contributed by atoms with van der Waals surface area (Å²) in [7, 11) is 6.35. The molecule has 2 heterocycles. The molecule has 0 atom stereocenters. The number of hydrogen-bond donors (Lipinski definition) is 1. The van der Waals surface area contributed by atoms with Crippen molar-refractivity contribution in [2.24, 2.45) is 0 Å². The predicted molar refractivity (Wildman–Crippen MR) is 88.1 cm³/mol. The Morgan fingerprint density at radius 2 is 1.90 bits per heavy atom. The molecule has 21 heavy (non-hydrogen) atoms. The molecule has 1 aromatic rings. The van der Waals surface area contributed by atoms with Crippen LogP contribution >= 0.6 is 0 Å². The van der Waals surface area contributed by atoms with Crippen LogP contribution in [0.3, 0.4) is 0 Å². The minimum absolute atomic E-state index is 0.752. The van der Waals surface area contributed by atoms with Crippen LogP contribution in [0.15, 0.2) is 6.07 Å². The first-order chi connectivity index (χ1) is 10.0. The molecular formula is C15H28N6. The van der Waals surface area contributed by atoms with Gasteiger partial charge in [0, 0.05) is 44.5 Å². The Bertz CT molecular complexity index is 440. The Hall–Kier alpha value is -1.40. The molecule has 2 rings (SSSR count). The van der Waals surface area contributed by atoms with Gasteiger partial charge in [-0.2, -0.15) is 4.98 Å². The van der Waals surface area contributed by atoms with Gasteiger partial charge in [0.25, 0.3) is 0 Å². The summed E-state index contributed by atoms with van der Waals surface area (Å²) in [4.78, 5) is 16.0. The van der Waals surface area contributed by atoms with Crippen LogP contribution in [0.4, 0.5) is 11.8 Å². The molecule has 0 bridgehead atoms. The van der Waals surface area contributed by atoms with E-state index in [9.17, 15) is 0 Å². The molecule has 1 N–H and O–H groups in total. The summed E-state index contributed by atoms with van der Waals surface area (Å²) in [5.41, 5.74) is 1.02. The Kier molecular flexibility index (Phi) is 5.76. The third-order valence-electron chi connectivity index (χ3n) is 3.73. The molecule has 0 aromatic carbocycles. The molecule has 6 heteroatoms. The van der Waals surface area contributed by atoms with Gasteiger partial charge in [-0.3, -0.25) is 0 Å². The van der Waals surface area contributed by atoms with Crippen LogP contribution in [0.1, 0.15) is 12.1 Å². The van der Waals surface area contributed by atoms with E-state index >= 15 is 0 Å². The van der Waals surface area contributed by atoms with Crippen LogP contribution in [-0.2, 0) is 0 Å². The molecule has 1 fully saturated rings. The second-order valence-electron chi connectivity index (χ2n) is 6.07. The monoisotopic (exact) mass is 292 g/mol. The zero-order valence-electron chi connectivity index (χ0n) is 13.8. The Balaban J connectivity index is 1.93. The lowest BCUT2D eigenvalue weighted by molar-refractivity contribution is 0.312. The van der Waals surface area contributed by atoms with E-state index in [-0.39, 0.29) is 0 Å². The minimum atomic E-state index is 0.752. The summed E-state index contributed by atoms with van der Waals surface area (Å²) in [5, 5.41) is 3.34. The van der Waals surface area contributed by atoms with E-state index in [2.05, 4.69) is 57.2 Å². The smallest absolute Gasteiger partial charge is 0.224 e. The first-order valence-electron chi connectivity index (χ1n) is 7.72. The number of piperazine rings is 1. The zero-order chi connectivity index (χ0) is 15.2. The van der Waals surface area contributed by atoms with E-state index in [4.69, 9.17) is 0 Å². The zero-order valence-corrected chi connectivity index (χ0v) is 13.8. The molecule has 1 aromatic heterocycles. The van der Waals surface area contributed by atoms with Gasteiger partial charge in [0.05, 0.1) is 0 Å². The van der Waals surface area contributed by atoms with Gasteiger partial charge in [-0.15, -0.1) is 0 Å². The molecule has 0 radical (unpaired) electrons. The van der Waals surface area contributed by atoms with E-state index in [0.717, 1.165) is 63.1 Å². The number of nitrogens with one attached hydrogen (secondary N) is 1. The number of aromatic nitrogens is 2. The maximum atomic E-state index is 4.67. The number of likely N-dealkylation sites (N-methyl/N-ethyl adjacent to an activating group) is 1. The van der Waals surface area contributed by atoms with Crippen LogP contribution in [0, 0.1) is 6.92 Å². The fourth-order valence-corrected chi connectivity index (χ4v) is 2.42. The summed E-state index contributed by atoms with van der Waals surface area (Å²) in [6, 6.07) is 2.08. The van der Waals surface area contributed by atoms with Gasteiger partial charge in [-0.1, -0.05) is 0 Å². The number of nitrogens with zero attached hydrogens (tertiary/aromatic N) is 5. The van der Waals surface area contributed by atoms with E-state index in [1.165, 1.54) is 0 Å². The lowest BCUT2D eigenvalue weighted by Gasteiger charge is -2.33. The molecule has 0 saturated carbocycles. The summed E-state index contributed by atoms with van der Waals surface area (Å²) in [6.07, 6.45) is 1.09. The molecule has 1 saturated heterocycles. The molecule has 0 unspecified atom stereocenters. The van der Waals surface area contributed by atoms with E-state index < -0.39 is 0 Å². The third kappa shape index (κ3) is 5.13. The summed E-state index contributed by atoms with van der Waals surface area (Å²) in [5.74, 6) is 1.80. The van der Waals surface area contributed by atoms with Gasteiger partial charge >= 0.3 is 0 Å². The van der Waals surface area contributed by atoms with E-state index in [1.807, 2.05) is 6.92 Å². The molecule has 1 aliphatic heterocycles. The van der Waals surface area contributed by atoms with Crippen LogP contribution in [-0.4, -0.2) is 80.2 Å². The minimum Gasteiger partial charge on any atom is -0.354 e. The number of rotatable bonds is 6. The van der Waals surface area contributed by atoms with Crippen molar-refractivity contribution in [3.8, 4) is 0 Å². The van der Waals surface area contributed by atoms with Crippen molar-refractivity contribution in [1.82, 2.24) is 19.8 Å². The lowest BCUT2D eigenvalue weighted by Crippen LogP contribution is -2.44. The largest absolute Gasteiger partial charge is 0.354 e. The molecule has 0 amide bonds. The maximum absolute atomic E-state index is 4.67. The van der Waals surface area contributed by atoms with Crippen molar-refractivity contribution in [3.05, 3.63) is 11.8 Å². The van der Waals surface area contributed by atoms with E-state index in [0.29, 0.717) is 0 Å². The topological polar surface area (TPSA) is 47.5 Å². The average Bonchev–Trinajstić information content (AvgIpc) is 2.43. The van der Waals surface area contributed by atoms with Crippen molar-refractivity contribution in [3.63, 3.8) is 0 Å². The fourth-order valence-electron chi connectivity index (χ4n) is 2.42. The van der Waals surface area contributed by atoms with Gasteiger partial charge in [0.2, 0.25) is 5.95 Å². The summed E-state index contributed by atoms with van der Waals surface area (Å²) < 4.78 is 0. The second kappa shape index (κ2) is 7.56. The Labute approximate surface area is 128 Å². The quantitative estimate of drug-likeness (QED) is 0.786. The highest BCUT2D eigenvalue weighted by atomic mass is 15.3. The van der Waals surface area contributed by atoms with Crippen molar-refractivity contribution >= 4 is 11.8 Å². The van der Waals surface area contributed by atoms with Gasteiger partial charge in [-0.25, -0.2) is 4.98 Å². The average molecular weight is 292 g/mol. The van der Waals surface area contributed by atoms with Crippen molar-refractivity contribution in [2.75, 3.05) is 70.6 Å². The van der Waals surface area contributed by atoms with Gasteiger partial charge in [0.15, 0.2) is 0 Å². The number of aryl methyl sites for hydroxylation is 1. The van der Waals surface area contributed by atoms with Gasteiger partial charge < -0.3 is 20.0 Å². The second-order valence-corrected chi connectivity index (χ2v) is 6.07. The molecule has 1 aliphatic rings. The molecule has 118 valence electrons. The van der Waals surface area contributed by atoms with Crippen molar-refractivity contribution in [1.29, 1.82) is 0 Å². The first-order valence-corrected chi connectivity index (χ1v) is 7.72. The summed E-state index contributed by atoms with van der Waals surface area (Å²) in [6.45, 7) is 8.27. The van der Waals surface area contributed by atoms with Crippen molar-refractivity contribution in [2.45, 2.75) is 13.3 Å². The van der Waals surface area contributed by atoms with Crippen molar-refractivity contribution < 1.29 is 0 Å². The van der Waals surface area contributed by atoms with Crippen LogP contribution < -0.4 is 10.2 Å². The molecule has 0 spiro atoms. The van der Waals surface area contributed by atoms with Gasteiger partial charge in [0.1, 0.15) is 5.82 Å². The molecule has 6 nitrogen and oxygen atoms in total. The van der Waals surface area contributed by atoms with Crippen LogP contribution in [0.2, 0.25) is 0 Å². The SMILES string of the molecule is Cc1cc(N2CCN(C)CC2)nc(NCCCN(C)C)n1. The fraction of sp³-hybridized carbons (Fsp3) is 0.733. The lowest BCUT2D eigenvalue weighted by atomic mass is 10.3. The van der Waals surface area contributed by atoms with E-state index in [1.54, 1.807) is 0 Å². The third-order valence-corrected chi connectivity index (χ3v) is 3.73. The van der Waals surface area contributed by atoms with Gasteiger partial charge in [-0.05, 0) is 41.0 Å². The number of hydrogen-bond acceptors (Lipinski definition) is 6. The van der Waals surface area contributed by atoms with Crippen LogP contribution in [0.5, 0.6) is 0 Å². The Morgan fingerprint density at radius 1 is 1.19 bits per heavy atom. The highest BCUT2D eigenvalue weighted by molar-refractivity contribution is 5.45. The standard InChI is InChI=1S/C15H28N6/c1-13-12-14(21-10-8-20(4)9-11-21)18-15(17-13)16-6-5-7-19(2)3/h12H,5-11H2,1-4H3,(H,16,17,18). The number of anilines is 2.